The van der Waals surface area contributed by atoms with Gasteiger partial charge < -0.3 is 14.9 Å². The number of hydrogen-bond donors (Lipinski definition) is 1. The van der Waals surface area contributed by atoms with Gasteiger partial charge in [-0.1, -0.05) is 11.8 Å². The van der Waals surface area contributed by atoms with Gasteiger partial charge in [0.25, 0.3) is 0 Å². The van der Waals surface area contributed by atoms with Crippen LogP contribution in [0.4, 0.5) is 10.2 Å². The first kappa shape index (κ1) is 20.3. The predicted molar refractivity (Wildman–Crippen MR) is 114 cm³/mol. The van der Waals surface area contributed by atoms with Crippen LogP contribution in [0.3, 0.4) is 0 Å². The van der Waals surface area contributed by atoms with Crippen molar-refractivity contribution in [3.8, 4) is 11.3 Å². The fourth-order valence-corrected chi connectivity index (χ4v) is 4.59. The number of aromatic nitrogens is 3. The highest BCUT2D eigenvalue weighted by Crippen LogP contribution is 2.32. The molecule has 0 atom stereocenters. The Morgan fingerprint density at radius 2 is 2.03 bits per heavy atom. The Kier molecular flexibility index (Phi) is 5.69. The van der Waals surface area contributed by atoms with Crippen LogP contribution in [-0.4, -0.2) is 27.5 Å². The van der Waals surface area contributed by atoms with Gasteiger partial charge >= 0.3 is 5.97 Å². The molecule has 30 heavy (non-hydrogen) atoms. The average Bonchev–Trinajstić information content (AvgIpc) is 3.31. The Balaban J connectivity index is 1.54. The third-order valence-electron chi connectivity index (χ3n) is 4.23. The van der Waals surface area contributed by atoms with Gasteiger partial charge in [-0.05, 0) is 38.1 Å². The molecule has 0 unspecified atom stereocenters. The molecule has 0 aliphatic rings. The Morgan fingerprint density at radius 1 is 1.27 bits per heavy atom. The van der Waals surface area contributed by atoms with Gasteiger partial charge in [0.15, 0.2) is 4.34 Å². The molecule has 2 N–H and O–H groups in total. The first-order chi connectivity index (χ1) is 14.5. The van der Waals surface area contributed by atoms with E-state index in [1.165, 1.54) is 35.2 Å². The van der Waals surface area contributed by atoms with Crippen molar-refractivity contribution in [2.45, 2.75) is 23.9 Å². The van der Waals surface area contributed by atoms with Crippen LogP contribution in [0.25, 0.3) is 22.4 Å². The van der Waals surface area contributed by atoms with Gasteiger partial charge in [0.05, 0.1) is 23.4 Å². The van der Waals surface area contributed by atoms with Crippen LogP contribution >= 0.6 is 23.1 Å². The molecule has 3 aromatic heterocycles. The molecule has 1 aromatic carbocycles. The number of hydrogen-bond acceptors (Lipinski definition) is 9. The number of aryl methyl sites for hydroxylation is 1. The number of thiazole rings is 1. The van der Waals surface area contributed by atoms with Crippen molar-refractivity contribution in [3.05, 3.63) is 52.6 Å². The molecule has 0 saturated heterocycles. The summed E-state index contributed by atoms with van der Waals surface area (Å²) in [5.74, 6) is 0.646. The third-order valence-corrected chi connectivity index (χ3v) is 6.25. The highest BCUT2D eigenvalue weighted by Gasteiger charge is 2.24. The lowest BCUT2D eigenvalue weighted by molar-refractivity contribution is 0.0526. The summed E-state index contributed by atoms with van der Waals surface area (Å²) >= 11 is 2.93. The number of carbonyl (C=O) groups excluding carboxylic acids is 1. The van der Waals surface area contributed by atoms with Crippen LogP contribution in [0, 0.1) is 12.7 Å². The lowest BCUT2D eigenvalue weighted by Crippen LogP contribution is -2.07. The van der Waals surface area contributed by atoms with Gasteiger partial charge in [-0.2, -0.15) is 4.98 Å². The molecule has 4 rings (SSSR count). The molecule has 0 bridgehead atoms. The SMILES string of the molecule is CCOC(=O)c1c(C)oc2nc(CSc3nc(-c4ccc(F)cc4)cs3)nc(N)c12. The summed E-state index contributed by atoms with van der Waals surface area (Å²) in [6, 6.07) is 6.19. The fourth-order valence-electron chi connectivity index (χ4n) is 2.90. The number of nitrogen functional groups attached to an aromatic ring is 1. The number of fused-ring (bicyclic) bond motifs is 1. The zero-order chi connectivity index (χ0) is 21.3. The number of nitrogens with two attached hydrogens (primary N) is 1. The summed E-state index contributed by atoms with van der Waals surface area (Å²) in [5, 5.41) is 2.28. The number of rotatable bonds is 6. The standard InChI is InChI=1S/C20H17FN4O3S2/c1-3-27-19(26)15-10(2)28-18-16(15)17(22)24-14(25-18)9-30-20-23-13(8-29-20)11-4-6-12(21)7-5-11/h4-8H,3,9H2,1-2H3,(H2,22,24,25). The second-order valence-electron chi connectivity index (χ2n) is 6.25. The molecule has 4 aromatic rings. The van der Waals surface area contributed by atoms with E-state index < -0.39 is 5.97 Å². The van der Waals surface area contributed by atoms with Gasteiger partial charge in [0.1, 0.15) is 28.8 Å². The molecule has 154 valence electrons. The first-order valence-corrected chi connectivity index (χ1v) is 10.9. The lowest BCUT2D eigenvalue weighted by atomic mass is 10.2. The second kappa shape index (κ2) is 8.41. The maximum Gasteiger partial charge on any atom is 0.342 e. The number of anilines is 1. The topological polar surface area (TPSA) is 104 Å². The number of benzene rings is 1. The maximum atomic E-state index is 13.1. The minimum Gasteiger partial charge on any atom is -0.462 e. The molecule has 0 radical (unpaired) electrons. The molecular formula is C20H17FN4O3S2. The van der Waals surface area contributed by atoms with E-state index >= 15 is 0 Å². The Bertz CT molecular complexity index is 1220. The zero-order valence-corrected chi connectivity index (χ0v) is 17.8. The highest BCUT2D eigenvalue weighted by molar-refractivity contribution is 8.00. The number of nitrogens with zero attached hydrogens (tertiary/aromatic N) is 3. The van der Waals surface area contributed by atoms with E-state index in [1.54, 1.807) is 26.0 Å². The summed E-state index contributed by atoms with van der Waals surface area (Å²) in [7, 11) is 0. The average molecular weight is 445 g/mol. The van der Waals surface area contributed by atoms with Crippen molar-refractivity contribution < 1.29 is 18.3 Å². The number of furan rings is 1. The maximum absolute atomic E-state index is 13.1. The molecule has 7 nitrogen and oxygen atoms in total. The molecular weight excluding hydrogens is 427 g/mol. The monoisotopic (exact) mass is 444 g/mol. The molecule has 0 aliphatic carbocycles. The minimum absolute atomic E-state index is 0.168. The second-order valence-corrected chi connectivity index (χ2v) is 8.33. The van der Waals surface area contributed by atoms with E-state index in [4.69, 9.17) is 14.9 Å². The third kappa shape index (κ3) is 4.01. The van der Waals surface area contributed by atoms with Crippen LogP contribution in [0.5, 0.6) is 0 Å². The lowest BCUT2D eigenvalue weighted by Gasteiger charge is -2.03. The predicted octanol–water partition coefficient (Wildman–Crippen LogP) is 4.85. The van der Waals surface area contributed by atoms with Gasteiger partial charge in [0.2, 0.25) is 5.71 Å². The van der Waals surface area contributed by atoms with Crippen LogP contribution in [-0.2, 0) is 10.5 Å². The van der Waals surface area contributed by atoms with Crippen molar-refractivity contribution >= 4 is 46.0 Å². The van der Waals surface area contributed by atoms with Crippen LogP contribution in [0.2, 0.25) is 0 Å². The van der Waals surface area contributed by atoms with Crippen LogP contribution < -0.4 is 5.73 Å². The number of ether oxygens (including phenoxy) is 1. The van der Waals surface area contributed by atoms with E-state index in [0.717, 1.165) is 15.6 Å². The van der Waals surface area contributed by atoms with E-state index in [1.807, 2.05) is 5.38 Å². The van der Waals surface area contributed by atoms with E-state index in [-0.39, 0.29) is 29.5 Å². The van der Waals surface area contributed by atoms with Gasteiger partial charge in [-0.15, -0.1) is 11.3 Å². The molecule has 0 saturated carbocycles. The summed E-state index contributed by atoms with van der Waals surface area (Å²) in [5.41, 5.74) is 8.23. The highest BCUT2D eigenvalue weighted by atomic mass is 32.2. The number of thioether (sulfide) groups is 1. The molecule has 0 fully saturated rings. The Labute approximate surface area is 179 Å². The normalized spacial score (nSPS) is 11.2. The minimum atomic E-state index is -0.512. The molecule has 0 spiro atoms. The Morgan fingerprint density at radius 3 is 2.77 bits per heavy atom. The van der Waals surface area contributed by atoms with Crippen molar-refractivity contribution in [3.63, 3.8) is 0 Å². The van der Waals surface area contributed by atoms with Crippen LogP contribution in [0.1, 0.15) is 28.9 Å². The number of halogens is 1. The van der Waals surface area contributed by atoms with Crippen LogP contribution in [0.15, 0.2) is 38.4 Å². The van der Waals surface area contributed by atoms with E-state index in [0.29, 0.717) is 22.7 Å². The molecule has 0 amide bonds. The molecule has 0 aliphatic heterocycles. The van der Waals surface area contributed by atoms with E-state index in [9.17, 15) is 9.18 Å². The Hall–Kier alpha value is -2.98. The number of esters is 1. The number of carbonyl (C=O) groups is 1. The largest absolute Gasteiger partial charge is 0.462 e. The summed E-state index contributed by atoms with van der Waals surface area (Å²) in [6.45, 7) is 3.63. The van der Waals surface area contributed by atoms with Gasteiger partial charge in [-0.25, -0.2) is 19.2 Å². The van der Waals surface area contributed by atoms with Crippen molar-refractivity contribution in [1.29, 1.82) is 0 Å². The van der Waals surface area contributed by atoms with E-state index in [2.05, 4.69) is 15.0 Å². The molecule has 10 heteroatoms. The summed E-state index contributed by atoms with van der Waals surface area (Å²) in [6.07, 6.45) is 0. The summed E-state index contributed by atoms with van der Waals surface area (Å²) in [4.78, 5) is 25.5. The smallest absolute Gasteiger partial charge is 0.342 e. The quantitative estimate of drug-likeness (QED) is 0.333. The zero-order valence-electron chi connectivity index (χ0n) is 16.1. The van der Waals surface area contributed by atoms with Crippen molar-refractivity contribution in [2.24, 2.45) is 0 Å². The van der Waals surface area contributed by atoms with Gasteiger partial charge in [-0.3, -0.25) is 0 Å². The fraction of sp³-hybridized carbons (Fsp3) is 0.200. The van der Waals surface area contributed by atoms with Gasteiger partial charge in [0, 0.05) is 10.9 Å². The van der Waals surface area contributed by atoms with Crippen molar-refractivity contribution in [2.75, 3.05) is 12.3 Å². The van der Waals surface area contributed by atoms with Crippen molar-refractivity contribution in [1.82, 2.24) is 15.0 Å². The first-order valence-electron chi connectivity index (χ1n) is 9.03. The molecule has 3 heterocycles. The summed E-state index contributed by atoms with van der Waals surface area (Å²) < 4.78 is 24.6.